The van der Waals surface area contributed by atoms with E-state index in [0.29, 0.717) is 41.4 Å². The minimum absolute atomic E-state index is 0.0549. The first-order valence-corrected chi connectivity index (χ1v) is 12.7. The number of nitrogens with one attached hydrogen (secondary N) is 1. The van der Waals surface area contributed by atoms with Crippen LogP contribution in [0.1, 0.15) is 33.6 Å². The fourth-order valence-corrected chi connectivity index (χ4v) is 4.47. The summed E-state index contributed by atoms with van der Waals surface area (Å²) in [6.07, 6.45) is 4.81. The molecule has 0 atom stereocenters. The van der Waals surface area contributed by atoms with Crippen molar-refractivity contribution < 1.29 is 14.6 Å². The average Bonchev–Trinajstić information content (AvgIpc) is 2.87. The number of hydrogen-bond donors (Lipinski definition) is 2. The lowest BCUT2D eigenvalue weighted by Gasteiger charge is -2.13. The molecule has 0 saturated heterocycles. The van der Waals surface area contributed by atoms with Gasteiger partial charge in [-0.3, -0.25) is 14.3 Å². The summed E-state index contributed by atoms with van der Waals surface area (Å²) in [5, 5.41) is 9.24. The van der Waals surface area contributed by atoms with E-state index >= 15 is 0 Å². The first-order valence-electron chi connectivity index (χ1n) is 11.0. The maximum atomic E-state index is 12.8. The molecule has 0 fully saturated rings. The minimum Gasteiger partial charge on any atom is -0.497 e. The van der Waals surface area contributed by atoms with E-state index in [1.165, 1.54) is 18.0 Å². The second-order valence-corrected chi connectivity index (χ2v) is 9.31. The Balaban J connectivity index is 1.74. The molecule has 0 spiro atoms. The molecule has 3 rings (SSSR count). The molecular weight excluding hydrogens is 507 g/mol. The smallest absolute Gasteiger partial charge is 0.269 e. The van der Waals surface area contributed by atoms with Crippen LogP contribution < -0.4 is 15.0 Å². The number of nitrogens with zero attached hydrogens (tertiary/aromatic N) is 1. The molecule has 1 amide bonds. The lowest BCUT2D eigenvalue weighted by molar-refractivity contribution is 0.0984. The summed E-state index contributed by atoms with van der Waals surface area (Å²) in [5.74, 6) is 1.18. The first-order chi connectivity index (χ1) is 16.9. The number of pyridine rings is 1. The van der Waals surface area contributed by atoms with Crippen LogP contribution >= 0.6 is 35.1 Å². The molecule has 3 aromatic rings. The maximum Gasteiger partial charge on any atom is 0.269 e. The van der Waals surface area contributed by atoms with Gasteiger partial charge >= 0.3 is 0 Å². The Bertz CT molecular complexity index is 1240. The summed E-state index contributed by atoms with van der Waals surface area (Å²) in [4.78, 5) is 25.0. The predicted molar refractivity (Wildman–Crippen MR) is 144 cm³/mol. The molecular formula is C26H26Cl2N2O4S. The van der Waals surface area contributed by atoms with Crippen LogP contribution in [-0.4, -0.2) is 35.1 Å². The standard InChI is InChI=1S/C26H26Cl2N2O4S/c1-34-21-5-2-4-19(16-21)8-11-24-22(27)17-23(28)26(33)30(24)13-12-18-6-9-20(10-7-18)25(32)29-35-15-3-14-31/h2,4-11,16-17,31H,3,12-15H2,1H3,(H,29,32)/b11-8+. The normalized spacial score (nSPS) is 11.1. The minimum atomic E-state index is -0.322. The molecule has 1 aromatic heterocycles. The Morgan fingerprint density at radius 3 is 2.60 bits per heavy atom. The number of aryl methyl sites for hydroxylation is 1. The Kier molecular flexibility index (Phi) is 10.3. The summed E-state index contributed by atoms with van der Waals surface area (Å²) >= 11 is 13.8. The highest BCUT2D eigenvalue weighted by atomic mass is 35.5. The van der Waals surface area contributed by atoms with Crippen molar-refractivity contribution in [2.45, 2.75) is 19.4 Å². The third-order valence-corrected chi connectivity index (χ3v) is 6.57. The van der Waals surface area contributed by atoms with E-state index in [1.807, 2.05) is 42.5 Å². The van der Waals surface area contributed by atoms with E-state index in [2.05, 4.69) is 4.72 Å². The zero-order valence-corrected chi connectivity index (χ0v) is 21.5. The number of ether oxygens (including phenoxy) is 1. The van der Waals surface area contributed by atoms with Crippen LogP contribution in [0.2, 0.25) is 10.0 Å². The zero-order chi connectivity index (χ0) is 25.2. The number of carbonyl (C=O) groups is 1. The molecule has 1 heterocycles. The molecule has 2 aromatic carbocycles. The van der Waals surface area contributed by atoms with Crippen molar-refractivity contribution >= 4 is 53.2 Å². The Labute approximate surface area is 218 Å². The van der Waals surface area contributed by atoms with Crippen LogP contribution in [0.5, 0.6) is 5.75 Å². The summed E-state index contributed by atoms with van der Waals surface area (Å²) in [6.45, 7) is 0.455. The van der Waals surface area contributed by atoms with Gasteiger partial charge in [0.15, 0.2) is 0 Å². The molecule has 6 nitrogen and oxygen atoms in total. The molecule has 0 radical (unpaired) electrons. The molecule has 184 valence electrons. The van der Waals surface area contributed by atoms with Gasteiger partial charge in [-0.05, 0) is 60.4 Å². The van der Waals surface area contributed by atoms with Crippen LogP contribution in [0.15, 0.2) is 59.4 Å². The molecule has 0 aliphatic heterocycles. The first kappa shape index (κ1) is 26.9. The molecule has 9 heteroatoms. The van der Waals surface area contributed by atoms with E-state index < -0.39 is 0 Å². The topological polar surface area (TPSA) is 80.6 Å². The van der Waals surface area contributed by atoms with Gasteiger partial charge in [-0.15, -0.1) is 0 Å². The van der Waals surface area contributed by atoms with Gasteiger partial charge in [0.1, 0.15) is 10.8 Å². The quantitative estimate of drug-likeness (QED) is 0.257. The lowest BCUT2D eigenvalue weighted by atomic mass is 10.1. The number of rotatable bonds is 11. The van der Waals surface area contributed by atoms with Gasteiger partial charge < -0.3 is 14.4 Å². The summed E-state index contributed by atoms with van der Waals surface area (Å²) in [7, 11) is 1.60. The van der Waals surface area contributed by atoms with E-state index in [9.17, 15) is 9.59 Å². The Morgan fingerprint density at radius 2 is 1.89 bits per heavy atom. The van der Waals surface area contributed by atoms with Gasteiger partial charge in [0.2, 0.25) is 0 Å². The number of aromatic nitrogens is 1. The zero-order valence-electron chi connectivity index (χ0n) is 19.2. The van der Waals surface area contributed by atoms with Crippen LogP contribution in [-0.2, 0) is 13.0 Å². The highest BCUT2D eigenvalue weighted by Gasteiger charge is 2.12. The predicted octanol–water partition coefficient (Wildman–Crippen LogP) is 5.34. The Hall–Kier alpha value is -2.71. The molecule has 0 bridgehead atoms. The molecule has 0 aliphatic carbocycles. The van der Waals surface area contributed by atoms with Gasteiger partial charge in [-0.1, -0.05) is 65.5 Å². The fourth-order valence-electron chi connectivity index (χ4n) is 3.30. The fraction of sp³-hybridized carbons (Fsp3) is 0.231. The molecule has 2 N–H and O–H groups in total. The van der Waals surface area contributed by atoms with Gasteiger partial charge in [0, 0.05) is 24.5 Å². The highest BCUT2D eigenvalue weighted by molar-refractivity contribution is 7.97. The number of benzene rings is 2. The van der Waals surface area contributed by atoms with Crippen molar-refractivity contribution in [1.29, 1.82) is 0 Å². The van der Waals surface area contributed by atoms with E-state index in [-0.39, 0.29) is 23.1 Å². The largest absolute Gasteiger partial charge is 0.497 e. The maximum absolute atomic E-state index is 12.8. The van der Waals surface area contributed by atoms with Crippen LogP contribution in [0, 0.1) is 0 Å². The van der Waals surface area contributed by atoms with E-state index in [1.54, 1.807) is 29.9 Å². The van der Waals surface area contributed by atoms with Crippen molar-refractivity contribution in [1.82, 2.24) is 9.29 Å². The SMILES string of the molecule is COc1cccc(/C=C/c2c(Cl)cc(Cl)c(=O)n2CCc2ccc(C(=O)NSCCCO)cc2)c1. The number of aliphatic hydroxyl groups is 1. The number of carbonyl (C=O) groups excluding carboxylic acids is 1. The van der Waals surface area contributed by atoms with Crippen molar-refractivity contribution in [3.8, 4) is 5.75 Å². The number of aliphatic hydroxyl groups excluding tert-OH is 1. The molecule has 0 aliphatic rings. The molecule has 0 unspecified atom stereocenters. The van der Waals surface area contributed by atoms with Gasteiger partial charge in [0.25, 0.3) is 11.5 Å². The van der Waals surface area contributed by atoms with E-state index in [0.717, 1.165) is 16.9 Å². The van der Waals surface area contributed by atoms with Gasteiger partial charge in [-0.25, -0.2) is 0 Å². The van der Waals surface area contributed by atoms with Crippen molar-refractivity contribution in [3.63, 3.8) is 0 Å². The molecule has 0 saturated carbocycles. The number of amides is 1. The van der Waals surface area contributed by atoms with Gasteiger partial charge in [-0.2, -0.15) is 0 Å². The summed E-state index contributed by atoms with van der Waals surface area (Å²) < 4.78 is 9.57. The lowest BCUT2D eigenvalue weighted by Crippen LogP contribution is -2.24. The monoisotopic (exact) mass is 532 g/mol. The molecule has 35 heavy (non-hydrogen) atoms. The van der Waals surface area contributed by atoms with Crippen LogP contribution in [0.25, 0.3) is 12.2 Å². The number of halogens is 2. The number of methoxy groups -OCH3 is 1. The summed E-state index contributed by atoms with van der Waals surface area (Å²) in [5.41, 5.74) is 2.63. The van der Waals surface area contributed by atoms with E-state index in [4.69, 9.17) is 33.0 Å². The average molecular weight is 533 g/mol. The highest BCUT2D eigenvalue weighted by Crippen LogP contribution is 2.22. The number of hydrogen-bond acceptors (Lipinski definition) is 5. The second kappa shape index (κ2) is 13.4. The van der Waals surface area contributed by atoms with Crippen LogP contribution in [0.3, 0.4) is 0 Å². The van der Waals surface area contributed by atoms with Crippen molar-refractivity contribution in [3.05, 3.63) is 97.4 Å². The van der Waals surface area contributed by atoms with Crippen molar-refractivity contribution in [2.75, 3.05) is 19.5 Å². The Morgan fingerprint density at radius 1 is 1.11 bits per heavy atom. The third kappa shape index (κ3) is 7.64. The van der Waals surface area contributed by atoms with Crippen molar-refractivity contribution in [2.24, 2.45) is 0 Å². The van der Waals surface area contributed by atoms with Gasteiger partial charge in [0.05, 0.1) is 17.8 Å². The van der Waals surface area contributed by atoms with Crippen LogP contribution in [0.4, 0.5) is 0 Å². The summed E-state index contributed by atoms with van der Waals surface area (Å²) in [6, 6.07) is 16.2. The second-order valence-electron chi connectivity index (χ2n) is 7.60. The third-order valence-electron chi connectivity index (χ3n) is 5.18.